The highest BCUT2D eigenvalue weighted by molar-refractivity contribution is 9.10. The number of nitrogens with one attached hydrogen (secondary N) is 1. The predicted molar refractivity (Wildman–Crippen MR) is 76.9 cm³/mol. The molecule has 1 N–H and O–H groups in total. The molecule has 0 aliphatic heterocycles. The first-order chi connectivity index (χ1) is 9.06. The quantitative estimate of drug-likeness (QED) is 0.941. The van der Waals surface area contributed by atoms with Crippen LogP contribution in [0.1, 0.15) is 17.5 Å². The van der Waals surface area contributed by atoms with Crippen molar-refractivity contribution in [2.45, 2.75) is 26.8 Å². The lowest BCUT2D eigenvalue weighted by Gasteiger charge is -2.09. The van der Waals surface area contributed by atoms with Crippen molar-refractivity contribution in [3.63, 3.8) is 0 Å². The molecule has 0 radical (unpaired) electrons. The highest BCUT2D eigenvalue weighted by atomic mass is 79.9. The summed E-state index contributed by atoms with van der Waals surface area (Å²) in [6.07, 6.45) is 3.43. The van der Waals surface area contributed by atoms with Gasteiger partial charge < -0.3 is 5.32 Å². The largest absolute Gasteiger partial charge is 0.326 e. The number of aryl methyl sites for hydroxylation is 3. The summed E-state index contributed by atoms with van der Waals surface area (Å²) >= 11 is 3.51. The van der Waals surface area contributed by atoms with Gasteiger partial charge in [0.2, 0.25) is 5.91 Å². The molecule has 2 aromatic rings. The Morgan fingerprint density at radius 3 is 2.63 bits per heavy atom. The van der Waals surface area contributed by atoms with Crippen molar-refractivity contribution in [3.05, 3.63) is 40.4 Å². The van der Waals surface area contributed by atoms with Crippen LogP contribution in [-0.4, -0.2) is 20.7 Å². The van der Waals surface area contributed by atoms with Gasteiger partial charge in [0, 0.05) is 16.6 Å². The fraction of sp³-hybridized carbons (Fsp3) is 0.308. The Morgan fingerprint density at radius 2 is 2.05 bits per heavy atom. The minimum absolute atomic E-state index is 0.0309. The Labute approximate surface area is 120 Å². The van der Waals surface area contributed by atoms with E-state index in [1.165, 1.54) is 6.33 Å². The minimum atomic E-state index is -0.0309. The number of carbonyl (C=O) groups is 1. The van der Waals surface area contributed by atoms with E-state index in [4.69, 9.17) is 0 Å². The van der Waals surface area contributed by atoms with Crippen LogP contribution in [0.15, 0.2) is 29.3 Å². The van der Waals surface area contributed by atoms with Gasteiger partial charge in [-0.05, 0) is 37.1 Å². The molecule has 0 fully saturated rings. The van der Waals surface area contributed by atoms with Crippen LogP contribution in [0.4, 0.5) is 5.69 Å². The van der Waals surface area contributed by atoms with Crippen LogP contribution in [0.5, 0.6) is 0 Å². The van der Waals surface area contributed by atoms with E-state index in [-0.39, 0.29) is 5.91 Å². The third-order valence-corrected chi connectivity index (χ3v) is 4.01. The molecule has 0 aliphatic carbocycles. The lowest BCUT2D eigenvalue weighted by Crippen LogP contribution is -2.15. The number of nitrogens with zero attached hydrogens (tertiary/aromatic N) is 3. The molecule has 0 atom stereocenters. The first-order valence-corrected chi connectivity index (χ1v) is 6.74. The van der Waals surface area contributed by atoms with Gasteiger partial charge in [0.1, 0.15) is 12.7 Å². The summed E-state index contributed by atoms with van der Waals surface area (Å²) in [5.41, 5.74) is 3.03. The summed E-state index contributed by atoms with van der Waals surface area (Å²) in [6, 6.07) is 3.90. The van der Waals surface area contributed by atoms with Crippen LogP contribution in [0, 0.1) is 13.8 Å². The minimum Gasteiger partial charge on any atom is -0.326 e. The second-order valence-electron chi connectivity index (χ2n) is 4.38. The molecule has 0 unspecified atom stereocenters. The summed E-state index contributed by atoms with van der Waals surface area (Å²) in [5.74, 6) is -0.0309. The van der Waals surface area contributed by atoms with Crippen molar-refractivity contribution < 1.29 is 4.79 Å². The molecule has 1 heterocycles. The van der Waals surface area contributed by atoms with Crippen molar-refractivity contribution in [2.75, 3.05) is 5.32 Å². The van der Waals surface area contributed by atoms with Crippen LogP contribution >= 0.6 is 15.9 Å². The summed E-state index contributed by atoms with van der Waals surface area (Å²) in [7, 11) is 0. The van der Waals surface area contributed by atoms with Gasteiger partial charge in [-0.2, -0.15) is 5.10 Å². The molecule has 0 aliphatic rings. The number of hydrogen-bond acceptors (Lipinski definition) is 3. The number of halogens is 1. The second-order valence-corrected chi connectivity index (χ2v) is 5.17. The Kier molecular flexibility index (Phi) is 4.31. The molecule has 100 valence electrons. The molecular formula is C13H15BrN4O. The number of benzene rings is 1. The molecule has 0 saturated carbocycles. The molecule has 0 bridgehead atoms. The lowest BCUT2D eigenvalue weighted by atomic mass is 10.1. The maximum Gasteiger partial charge on any atom is 0.226 e. The van der Waals surface area contributed by atoms with E-state index in [2.05, 4.69) is 31.3 Å². The third-order valence-electron chi connectivity index (χ3n) is 2.75. The number of hydrogen-bond donors (Lipinski definition) is 1. The van der Waals surface area contributed by atoms with Gasteiger partial charge in [-0.1, -0.05) is 15.9 Å². The molecular weight excluding hydrogens is 308 g/mol. The number of carbonyl (C=O) groups excluding carboxylic acids is 1. The summed E-state index contributed by atoms with van der Waals surface area (Å²) in [5, 5.41) is 6.85. The zero-order valence-electron chi connectivity index (χ0n) is 10.9. The van der Waals surface area contributed by atoms with Crippen LogP contribution in [-0.2, 0) is 11.3 Å². The molecule has 0 spiro atoms. The molecule has 19 heavy (non-hydrogen) atoms. The van der Waals surface area contributed by atoms with E-state index in [1.807, 2.05) is 26.0 Å². The summed E-state index contributed by atoms with van der Waals surface area (Å²) in [6.45, 7) is 4.53. The predicted octanol–water partition coefficient (Wildman–Crippen LogP) is 2.69. The third kappa shape index (κ3) is 3.64. The van der Waals surface area contributed by atoms with Crippen molar-refractivity contribution in [1.82, 2.24) is 14.8 Å². The summed E-state index contributed by atoms with van der Waals surface area (Å²) in [4.78, 5) is 15.7. The van der Waals surface area contributed by atoms with E-state index >= 15 is 0 Å². The Balaban J connectivity index is 1.95. The van der Waals surface area contributed by atoms with Crippen LogP contribution in [0.2, 0.25) is 0 Å². The molecule has 0 saturated heterocycles. The maximum absolute atomic E-state index is 11.8. The molecule has 1 aromatic heterocycles. The highest BCUT2D eigenvalue weighted by Gasteiger charge is 2.06. The van der Waals surface area contributed by atoms with Gasteiger partial charge in [-0.25, -0.2) is 4.98 Å². The Bertz CT molecular complexity index is 557. The van der Waals surface area contributed by atoms with E-state index in [0.717, 1.165) is 21.3 Å². The standard InChI is InChI=1S/C13H15BrN4O/c1-9-5-11(6-10(2)13(9)14)17-12(19)3-4-18-8-15-7-16-18/h5-8H,3-4H2,1-2H3,(H,17,19). The van der Waals surface area contributed by atoms with Crippen LogP contribution in [0.3, 0.4) is 0 Å². The van der Waals surface area contributed by atoms with Crippen molar-refractivity contribution in [1.29, 1.82) is 0 Å². The SMILES string of the molecule is Cc1cc(NC(=O)CCn2cncn2)cc(C)c1Br. The fourth-order valence-electron chi connectivity index (χ4n) is 1.81. The van der Waals surface area contributed by atoms with Gasteiger partial charge in [0.05, 0.1) is 6.54 Å². The Morgan fingerprint density at radius 1 is 1.37 bits per heavy atom. The Hall–Kier alpha value is -1.69. The zero-order valence-corrected chi connectivity index (χ0v) is 12.4. The first kappa shape index (κ1) is 13.7. The van der Waals surface area contributed by atoms with E-state index in [0.29, 0.717) is 13.0 Å². The van der Waals surface area contributed by atoms with Gasteiger partial charge >= 0.3 is 0 Å². The number of anilines is 1. The fourth-order valence-corrected chi connectivity index (χ4v) is 2.03. The number of rotatable bonds is 4. The van der Waals surface area contributed by atoms with Gasteiger partial charge in [-0.15, -0.1) is 0 Å². The average molecular weight is 323 g/mol. The van der Waals surface area contributed by atoms with E-state index < -0.39 is 0 Å². The second kappa shape index (κ2) is 5.97. The van der Waals surface area contributed by atoms with E-state index in [1.54, 1.807) is 11.0 Å². The number of amides is 1. The number of aromatic nitrogens is 3. The van der Waals surface area contributed by atoms with Crippen molar-refractivity contribution in [3.8, 4) is 0 Å². The van der Waals surface area contributed by atoms with Crippen LogP contribution in [0.25, 0.3) is 0 Å². The van der Waals surface area contributed by atoms with Gasteiger partial charge in [0.15, 0.2) is 0 Å². The maximum atomic E-state index is 11.8. The zero-order chi connectivity index (χ0) is 13.8. The van der Waals surface area contributed by atoms with Gasteiger partial charge in [0.25, 0.3) is 0 Å². The smallest absolute Gasteiger partial charge is 0.226 e. The molecule has 5 nitrogen and oxygen atoms in total. The van der Waals surface area contributed by atoms with Crippen LogP contribution < -0.4 is 5.32 Å². The van der Waals surface area contributed by atoms with Gasteiger partial charge in [-0.3, -0.25) is 9.48 Å². The normalized spacial score (nSPS) is 10.5. The molecule has 6 heteroatoms. The highest BCUT2D eigenvalue weighted by Crippen LogP contribution is 2.25. The topological polar surface area (TPSA) is 59.8 Å². The lowest BCUT2D eigenvalue weighted by molar-refractivity contribution is -0.116. The van der Waals surface area contributed by atoms with E-state index in [9.17, 15) is 4.79 Å². The average Bonchev–Trinajstić information content (AvgIpc) is 2.86. The van der Waals surface area contributed by atoms with Crippen molar-refractivity contribution >= 4 is 27.5 Å². The first-order valence-electron chi connectivity index (χ1n) is 5.95. The molecule has 1 amide bonds. The molecule has 2 rings (SSSR count). The summed E-state index contributed by atoms with van der Waals surface area (Å²) < 4.78 is 2.71. The monoisotopic (exact) mass is 322 g/mol. The van der Waals surface area contributed by atoms with Crippen molar-refractivity contribution in [2.24, 2.45) is 0 Å². The molecule has 1 aromatic carbocycles.